The fourth-order valence-electron chi connectivity index (χ4n) is 4.53. The lowest BCUT2D eigenvalue weighted by molar-refractivity contribution is -0.139. The van der Waals surface area contributed by atoms with E-state index in [4.69, 9.17) is 10.5 Å². The second-order valence-corrected chi connectivity index (χ2v) is 10.2. The number of anilines is 1. The number of aliphatic hydroxyl groups is 1. The Labute approximate surface area is 242 Å². The van der Waals surface area contributed by atoms with E-state index in [-0.39, 0.29) is 35.7 Å². The number of nitrogens with two attached hydrogens (primary N) is 1. The Morgan fingerprint density at radius 1 is 1.17 bits per heavy atom. The van der Waals surface area contributed by atoms with Gasteiger partial charge in [-0.2, -0.15) is 5.10 Å². The minimum absolute atomic E-state index is 0.0647. The first kappa shape index (κ1) is 29.8. The molecule has 2 aromatic carbocycles. The van der Waals surface area contributed by atoms with E-state index in [1.54, 1.807) is 76.2 Å². The van der Waals surface area contributed by atoms with Gasteiger partial charge in [-0.05, 0) is 57.5 Å². The van der Waals surface area contributed by atoms with Gasteiger partial charge in [-0.3, -0.25) is 14.4 Å². The Bertz CT molecular complexity index is 1620. The van der Waals surface area contributed by atoms with Crippen molar-refractivity contribution in [2.75, 3.05) is 11.9 Å². The molecule has 2 aromatic rings. The molecule has 0 bridgehead atoms. The fraction of sp³-hybridized carbons (Fsp3) is 0.258. The molecule has 2 amide bonds. The molecule has 0 aromatic heterocycles. The van der Waals surface area contributed by atoms with Crippen LogP contribution in [0.4, 0.5) is 5.69 Å². The molecule has 11 nitrogen and oxygen atoms in total. The quantitative estimate of drug-likeness (QED) is 0.199. The van der Waals surface area contributed by atoms with Crippen LogP contribution in [0.2, 0.25) is 0 Å². The van der Waals surface area contributed by atoms with Gasteiger partial charge in [0.15, 0.2) is 5.78 Å². The van der Waals surface area contributed by atoms with Crippen LogP contribution in [-0.2, 0) is 23.9 Å². The number of benzene rings is 2. The van der Waals surface area contributed by atoms with E-state index in [0.29, 0.717) is 28.1 Å². The number of allylic oxidation sites excluding steroid dienone is 1. The van der Waals surface area contributed by atoms with Gasteiger partial charge in [0, 0.05) is 28.1 Å². The van der Waals surface area contributed by atoms with Crippen LogP contribution in [0.15, 0.2) is 76.3 Å². The number of hydrogen-bond donors (Lipinski definition) is 5. The molecule has 0 saturated heterocycles. The Morgan fingerprint density at radius 3 is 2.52 bits per heavy atom. The van der Waals surface area contributed by atoms with Gasteiger partial charge in [0.05, 0.1) is 24.5 Å². The van der Waals surface area contributed by atoms with Crippen LogP contribution in [0.3, 0.4) is 0 Å². The zero-order valence-corrected chi connectivity index (χ0v) is 23.6. The number of dihydropyridines is 1. The molecule has 4 rings (SSSR count). The van der Waals surface area contributed by atoms with Crippen molar-refractivity contribution in [3.05, 3.63) is 87.9 Å². The number of ketones is 1. The summed E-state index contributed by atoms with van der Waals surface area (Å²) in [5, 5.41) is 19.7. The zero-order valence-electron chi connectivity index (χ0n) is 23.6. The summed E-state index contributed by atoms with van der Waals surface area (Å²) in [5.41, 5.74) is 10.3. The van der Waals surface area contributed by atoms with E-state index < -0.39 is 35.1 Å². The van der Waals surface area contributed by atoms with Gasteiger partial charge in [0.25, 0.3) is 5.91 Å². The lowest BCUT2D eigenvalue weighted by atomic mass is 9.80. The third kappa shape index (κ3) is 6.74. The van der Waals surface area contributed by atoms with E-state index in [2.05, 4.69) is 33.0 Å². The van der Waals surface area contributed by atoms with Crippen LogP contribution in [0, 0.1) is 11.8 Å². The van der Waals surface area contributed by atoms with E-state index in [0.717, 1.165) is 0 Å². The third-order valence-electron chi connectivity index (χ3n) is 6.36. The van der Waals surface area contributed by atoms with Gasteiger partial charge in [0.2, 0.25) is 5.91 Å². The van der Waals surface area contributed by atoms with Gasteiger partial charge in [-0.1, -0.05) is 36.1 Å². The van der Waals surface area contributed by atoms with Crippen LogP contribution in [0.25, 0.3) is 0 Å². The number of Topliss-reactive ketones (excluding diaryl/α,β-unsaturated/α-hetero) is 1. The molecule has 2 aliphatic heterocycles. The Morgan fingerprint density at radius 2 is 1.88 bits per heavy atom. The van der Waals surface area contributed by atoms with Crippen molar-refractivity contribution in [3.8, 4) is 11.8 Å². The van der Waals surface area contributed by atoms with Crippen molar-refractivity contribution in [1.29, 1.82) is 0 Å². The van der Waals surface area contributed by atoms with E-state index in [1.807, 2.05) is 0 Å². The fourth-order valence-corrected chi connectivity index (χ4v) is 4.53. The summed E-state index contributed by atoms with van der Waals surface area (Å²) in [6.07, 6.45) is -0.289. The molecule has 0 fully saturated rings. The van der Waals surface area contributed by atoms with Crippen LogP contribution < -0.4 is 21.8 Å². The molecule has 0 radical (unpaired) electrons. The zero-order chi connectivity index (χ0) is 30.6. The highest BCUT2D eigenvalue weighted by Gasteiger charge is 2.38. The van der Waals surface area contributed by atoms with Gasteiger partial charge < -0.3 is 26.2 Å². The minimum Gasteiger partial charge on any atom is -0.463 e. The number of amides is 2. The first-order chi connectivity index (χ1) is 19.9. The summed E-state index contributed by atoms with van der Waals surface area (Å²) in [7, 11) is 0. The maximum atomic E-state index is 13.8. The summed E-state index contributed by atoms with van der Waals surface area (Å²) in [6, 6.07) is 13.4. The van der Waals surface area contributed by atoms with Crippen molar-refractivity contribution in [2.45, 2.75) is 45.6 Å². The van der Waals surface area contributed by atoms with Crippen molar-refractivity contribution < 1.29 is 29.0 Å². The average molecular weight is 570 g/mol. The molecular formula is C31H31N5O6. The van der Waals surface area contributed by atoms with Crippen LogP contribution in [-0.4, -0.2) is 46.6 Å². The largest absolute Gasteiger partial charge is 0.463 e. The Balaban J connectivity index is 1.70. The monoisotopic (exact) mass is 569 g/mol. The third-order valence-corrected chi connectivity index (χ3v) is 6.36. The second kappa shape index (κ2) is 12.1. The predicted molar refractivity (Wildman–Crippen MR) is 155 cm³/mol. The van der Waals surface area contributed by atoms with Crippen molar-refractivity contribution in [1.82, 2.24) is 10.7 Å². The maximum absolute atomic E-state index is 13.8. The number of esters is 1. The van der Waals surface area contributed by atoms with Crippen molar-refractivity contribution >= 4 is 35.0 Å². The number of ether oxygens (including phenoxy) is 1. The molecule has 1 unspecified atom stereocenters. The molecule has 0 saturated carbocycles. The number of rotatable bonds is 6. The smallest absolute Gasteiger partial charge is 0.338 e. The predicted octanol–water partition coefficient (Wildman–Crippen LogP) is 1.94. The number of nitrogens with zero attached hydrogens (tertiary/aromatic N) is 1. The van der Waals surface area contributed by atoms with Crippen LogP contribution in [0.1, 0.15) is 56.7 Å². The number of carbonyl (C=O) groups excluding carboxylic acids is 4. The summed E-state index contributed by atoms with van der Waals surface area (Å²) in [4.78, 5) is 50.5. The molecule has 0 aliphatic carbocycles. The molecular weight excluding hydrogens is 538 g/mol. The number of hydrogen-bond acceptors (Lipinski definition) is 9. The second-order valence-electron chi connectivity index (χ2n) is 10.2. The summed E-state index contributed by atoms with van der Waals surface area (Å²) in [5.74, 6) is 2.80. The van der Waals surface area contributed by atoms with Crippen LogP contribution in [0.5, 0.6) is 0 Å². The molecule has 6 N–H and O–H groups in total. The highest BCUT2D eigenvalue weighted by atomic mass is 16.5. The lowest BCUT2D eigenvalue weighted by Crippen LogP contribution is -2.37. The summed E-state index contributed by atoms with van der Waals surface area (Å²) in [6.45, 7) is 6.59. The highest BCUT2D eigenvalue weighted by Crippen LogP contribution is 2.38. The molecule has 42 heavy (non-hydrogen) atoms. The molecule has 2 aliphatic rings. The van der Waals surface area contributed by atoms with Gasteiger partial charge >= 0.3 is 5.97 Å². The standard InChI is InChI=1S/C31H31N5O6/c1-5-42-30(40)26-25(20-8-6-7-18(15-20)13-14-31(3,4)41)24(17(2)33-28(26)32)29(39)34-21-11-9-19(10-12-21)27-22(37)16-23(38)35-36-27/h6-12,15,25,33,41H,5,16,32H2,1-4H3,(H,34,39)(H,35,38). The number of nitrogens with one attached hydrogen (secondary N) is 3. The van der Waals surface area contributed by atoms with E-state index >= 15 is 0 Å². The Hall–Kier alpha value is -5.21. The normalized spacial score (nSPS) is 17.0. The molecule has 2 heterocycles. The number of hydrazone groups is 1. The average Bonchev–Trinajstić information content (AvgIpc) is 2.92. The molecule has 216 valence electrons. The minimum atomic E-state index is -1.22. The first-order valence-electron chi connectivity index (χ1n) is 13.2. The van der Waals surface area contributed by atoms with Gasteiger partial charge in [-0.25, -0.2) is 10.2 Å². The van der Waals surface area contributed by atoms with Gasteiger partial charge in [-0.15, -0.1) is 0 Å². The lowest BCUT2D eigenvalue weighted by Gasteiger charge is -2.30. The topological polar surface area (TPSA) is 172 Å². The SMILES string of the molecule is CCOC(=O)C1=C(N)NC(C)=C(C(=O)Nc2ccc(C3=NNC(=O)CC3=O)cc2)C1c1cccc(C#CC(C)(C)O)c1. The Kier molecular flexibility index (Phi) is 8.59. The molecule has 11 heteroatoms. The molecule has 1 atom stereocenters. The van der Waals surface area contributed by atoms with E-state index in [1.165, 1.54) is 0 Å². The molecule has 0 spiro atoms. The van der Waals surface area contributed by atoms with Gasteiger partial charge in [0.1, 0.15) is 17.1 Å². The summed E-state index contributed by atoms with van der Waals surface area (Å²) < 4.78 is 5.30. The first-order valence-corrected chi connectivity index (χ1v) is 13.2. The number of carbonyl (C=O) groups is 4. The highest BCUT2D eigenvalue weighted by molar-refractivity contribution is 6.49. The van der Waals surface area contributed by atoms with Crippen LogP contribution >= 0.6 is 0 Å². The van der Waals surface area contributed by atoms with E-state index in [9.17, 15) is 24.3 Å². The maximum Gasteiger partial charge on any atom is 0.338 e. The summed E-state index contributed by atoms with van der Waals surface area (Å²) >= 11 is 0. The van der Waals surface area contributed by atoms with Crippen molar-refractivity contribution in [3.63, 3.8) is 0 Å². The van der Waals surface area contributed by atoms with Crippen molar-refractivity contribution in [2.24, 2.45) is 10.8 Å².